The van der Waals surface area contributed by atoms with Crippen molar-refractivity contribution in [3.05, 3.63) is 18.5 Å². The molecule has 3 saturated carbocycles. The molecule has 1 aromatic heterocycles. The Kier molecular flexibility index (Phi) is 3.83. The SMILES string of the molecule is O=C(Cn1cccn1)NCC1CCN(C(=O)C2CC3CCC2C3)C12CC2. The van der Waals surface area contributed by atoms with Crippen LogP contribution in [0.15, 0.2) is 18.5 Å². The molecule has 2 bridgehead atoms. The number of fused-ring (bicyclic) bond motifs is 2. The van der Waals surface area contributed by atoms with Crippen LogP contribution in [0.4, 0.5) is 0 Å². The van der Waals surface area contributed by atoms with Gasteiger partial charge in [-0.25, -0.2) is 0 Å². The van der Waals surface area contributed by atoms with Gasteiger partial charge in [-0.1, -0.05) is 6.42 Å². The van der Waals surface area contributed by atoms with E-state index in [1.54, 1.807) is 17.1 Å². The van der Waals surface area contributed by atoms with E-state index in [1.165, 1.54) is 19.3 Å². The van der Waals surface area contributed by atoms with Gasteiger partial charge >= 0.3 is 0 Å². The lowest BCUT2D eigenvalue weighted by Crippen LogP contribution is -2.46. The summed E-state index contributed by atoms with van der Waals surface area (Å²) in [6, 6.07) is 1.82. The molecule has 3 aliphatic carbocycles. The van der Waals surface area contributed by atoms with E-state index >= 15 is 0 Å². The van der Waals surface area contributed by atoms with Gasteiger partial charge in [0.05, 0.1) is 0 Å². The molecular formula is C20H28N4O2. The molecular weight excluding hydrogens is 328 g/mol. The molecule has 140 valence electrons. The quantitative estimate of drug-likeness (QED) is 0.875. The first-order valence-electron chi connectivity index (χ1n) is 10.2. The zero-order valence-electron chi connectivity index (χ0n) is 15.3. The van der Waals surface area contributed by atoms with Gasteiger partial charge in [0.1, 0.15) is 6.54 Å². The van der Waals surface area contributed by atoms with Crippen LogP contribution in [-0.4, -0.2) is 45.1 Å². The van der Waals surface area contributed by atoms with Gasteiger partial charge in [0.25, 0.3) is 0 Å². The monoisotopic (exact) mass is 356 g/mol. The van der Waals surface area contributed by atoms with Crippen molar-refractivity contribution in [2.45, 2.75) is 57.0 Å². The predicted octanol–water partition coefficient (Wildman–Crippen LogP) is 1.82. The highest BCUT2D eigenvalue weighted by molar-refractivity contribution is 5.81. The van der Waals surface area contributed by atoms with E-state index < -0.39 is 0 Å². The van der Waals surface area contributed by atoms with Crippen LogP contribution in [0.5, 0.6) is 0 Å². The van der Waals surface area contributed by atoms with Crippen molar-refractivity contribution in [3.8, 4) is 0 Å². The molecule has 6 heteroatoms. The molecule has 0 radical (unpaired) electrons. The molecule has 2 heterocycles. The Morgan fingerprint density at radius 1 is 1.19 bits per heavy atom. The van der Waals surface area contributed by atoms with E-state index in [4.69, 9.17) is 0 Å². The van der Waals surface area contributed by atoms with Crippen LogP contribution in [-0.2, 0) is 16.1 Å². The maximum absolute atomic E-state index is 13.2. The van der Waals surface area contributed by atoms with Gasteiger partial charge in [-0.15, -0.1) is 0 Å². The first-order chi connectivity index (χ1) is 12.7. The van der Waals surface area contributed by atoms with E-state index in [0.29, 0.717) is 30.2 Å². The van der Waals surface area contributed by atoms with Gasteiger partial charge in [-0.3, -0.25) is 14.3 Å². The van der Waals surface area contributed by atoms with Crippen LogP contribution >= 0.6 is 0 Å². The fourth-order valence-electron chi connectivity index (χ4n) is 6.01. The number of aromatic nitrogens is 2. The Balaban J connectivity index is 1.18. The van der Waals surface area contributed by atoms with Gasteiger partial charge < -0.3 is 10.2 Å². The summed E-state index contributed by atoms with van der Waals surface area (Å²) in [6.45, 7) is 1.83. The van der Waals surface area contributed by atoms with E-state index in [-0.39, 0.29) is 18.0 Å². The third-order valence-corrected chi connectivity index (χ3v) is 7.49. The minimum absolute atomic E-state index is 0.00220. The second-order valence-electron chi connectivity index (χ2n) is 8.87. The molecule has 4 unspecified atom stereocenters. The number of nitrogens with zero attached hydrogens (tertiary/aromatic N) is 3. The third-order valence-electron chi connectivity index (χ3n) is 7.49. The minimum Gasteiger partial charge on any atom is -0.354 e. The molecule has 1 N–H and O–H groups in total. The fraction of sp³-hybridized carbons (Fsp3) is 0.750. The van der Waals surface area contributed by atoms with Crippen LogP contribution in [0, 0.1) is 23.7 Å². The summed E-state index contributed by atoms with van der Waals surface area (Å²) in [5.41, 5.74) is 0.0535. The number of hydrogen-bond donors (Lipinski definition) is 1. The molecule has 0 aromatic carbocycles. The summed E-state index contributed by atoms with van der Waals surface area (Å²) < 4.78 is 1.64. The Hall–Kier alpha value is -1.85. The van der Waals surface area contributed by atoms with E-state index in [1.807, 2.05) is 6.07 Å². The third kappa shape index (κ3) is 2.65. The fourth-order valence-corrected chi connectivity index (χ4v) is 6.01. The number of hydrogen-bond acceptors (Lipinski definition) is 3. The first kappa shape index (κ1) is 16.3. The highest BCUT2D eigenvalue weighted by atomic mass is 16.2. The highest BCUT2D eigenvalue weighted by Gasteiger charge is 2.60. The Morgan fingerprint density at radius 2 is 2.08 bits per heavy atom. The van der Waals surface area contributed by atoms with Crippen molar-refractivity contribution in [3.63, 3.8) is 0 Å². The van der Waals surface area contributed by atoms with E-state index in [0.717, 1.165) is 38.1 Å². The molecule has 5 rings (SSSR count). The van der Waals surface area contributed by atoms with Crippen molar-refractivity contribution >= 4 is 11.8 Å². The van der Waals surface area contributed by atoms with Crippen LogP contribution < -0.4 is 5.32 Å². The molecule has 2 amide bonds. The average molecular weight is 356 g/mol. The maximum Gasteiger partial charge on any atom is 0.241 e. The summed E-state index contributed by atoms with van der Waals surface area (Å²) in [5.74, 6) is 2.59. The van der Waals surface area contributed by atoms with Crippen molar-refractivity contribution in [2.24, 2.45) is 23.7 Å². The largest absolute Gasteiger partial charge is 0.354 e. The first-order valence-corrected chi connectivity index (χ1v) is 10.2. The van der Waals surface area contributed by atoms with E-state index in [9.17, 15) is 9.59 Å². The molecule has 6 nitrogen and oxygen atoms in total. The second kappa shape index (κ2) is 6.10. The standard InChI is InChI=1S/C20H28N4O2/c25-18(13-23-8-1-7-22-23)21-12-16-4-9-24(20(16)5-6-20)19(26)17-11-14-2-3-15(17)10-14/h1,7-8,14-17H,2-6,9-13H2,(H,21,25). The Bertz CT molecular complexity index is 697. The maximum atomic E-state index is 13.2. The zero-order chi connectivity index (χ0) is 17.7. The molecule has 1 saturated heterocycles. The van der Waals surface area contributed by atoms with Gasteiger partial charge in [0.15, 0.2) is 0 Å². The summed E-state index contributed by atoms with van der Waals surface area (Å²) in [5, 5.41) is 7.15. The van der Waals surface area contributed by atoms with Gasteiger partial charge in [0, 0.05) is 42.9 Å². The zero-order valence-corrected chi connectivity index (χ0v) is 15.3. The number of rotatable bonds is 5. The summed E-state index contributed by atoms with van der Waals surface area (Å²) in [4.78, 5) is 27.6. The van der Waals surface area contributed by atoms with Crippen LogP contribution in [0.2, 0.25) is 0 Å². The molecule has 1 spiro atoms. The number of likely N-dealkylation sites (tertiary alicyclic amines) is 1. The van der Waals surface area contributed by atoms with Gasteiger partial charge in [-0.2, -0.15) is 5.10 Å². The van der Waals surface area contributed by atoms with Gasteiger partial charge in [0.2, 0.25) is 11.8 Å². The normalized spacial score (nSPS) is 33.8. The van der Waals surface area contributed by atoms with Crippen LogP contribution in [0.25, 0.3) is 0 Å². The van der Waals surface area contributed by atoms with E-state index in [2.05, 4.69) is 15.3 Å². The van der Waals surface area contributed by atoms with Crippen molar-refractivity contribution in [1.82, 2.24) is 20.0 Å². The minimum atomic E-state index is 0.00220. The molecule has 1 aromatic rings. The summed E-state index contributed by atoms with van der Waals surface area (Å²) >= 11 is 0. The predicted molar refractivity (Wildman–Crippen MR) is 96.0 cm³/mol. The Labute approximate surface area is 154 Å². The van der Waals surface area contributed by atoms with Crippen molar-refractivity contribution in [1.29, 1.82) is 0 Å². The Morgan fingerprint density at radius 3 is 2.73 bits per heavy atom. The molecule has 1 aliphatic heterocycles. The van der Waals surface area contributed by atoms with Crippen molar-refractivity contribution < 1.29 is 9.59 Å². The smallest absolute Gasteiger partial charge is 0.241 e. The molecule has 26 heavy (non-hydrogen) atoms. The van der Waals surface area contributed by atoms with Crippen LogP contribution in [0.1, 0.15) is 44.9 Å². The number of nitrogens with one attached hydrogen (secondary N) is 1. The molecule has 4 fully saturated rings. The molecule has 4 atom stereocenters. The average Bonchev–Trinajstić information content (AvgIpc) is 3.08. The number of carbonyl (C=O) groups excluding carboxylic acids is 2. The van der Waals surface area contributed by atoms with Crippen molar-refractivity contribution in [2.75, 3.05) is 13.1 Å². The van der Waals surface area contributed by atoms with Crippen LogP contribution in [0.3, 0.4) is 0 Å². The number of amides is 2. The summed E-state index contributed by atoms with van der Waals surface area (Å²) in [6.07, 6.45) is 11.7. The summed E-state index contributed by atoms with van der Waals surface area (Å²) in [7, 11) is 0. The highest BCUT2D eigenvalue weighted by Crippen LogP contribution is 2.56. The molecule has 4 aliphatic rings. The lowest BCUT2D eigenvalue weighted by Gasteiger charge is -2.33. The topological polar surface area (TPSA) is 67.2 Å². The lowest BCUT2D eigenvalue weighted by atomic mass is 9.87. The number of carbonyl (C=O) groups is 2. The second-order valence-corrected chi connectivity index (χ2v) is 8.87. The van der Waals surface area contributed by atoms with Gasteiger partial charge in [-0.05, 0) is 56.4 Å². The lowest BCUT2D eigenvalue weighted by molar-refractivity contribution is -0.139.